The molecule has 1 aliphatic heterocycles. The standard InChI is InChI=1S/C18H21N3O3/c1-12-11-21(15-6-5-9-19-16(15)23-12)17(22)14-8-7-13(10-20-14)24-18(2,3)4/h5-10,12H,11H2,1-4H3. The number of rotatable bonds is 2. The number of hydrogen-bond donors (Lipinski definition) is 0. The predicted octanol–water partition coefficient (Wildman–Crippen LogP) is 3.08. The summed E-state index contributed by atoms with van der Waals surface area (Å²) in [5.41, 5.74) is 0.717. The van der Waals surface area contributed by atoms with E-state index in [4.69, 9.17) is 9.47 Å². The number of pyridine rings is 2. The van der Waals surface area contributed by atoms with E-state index in [2.05, 4.69) is 9.97 Å². The molecule has 1 unspecified atom stereocenters. The van der Waals surface area contributed by atoms with Crippen molar-refractivity contribution in [2.75, 3.05) is 11.4 Å². The maximum absolute atomic E-state index is 12.8. The predicted molar refractivity (Wildman–Crippen MR) is 90.6 cm³/mol. The van der Waals surface area contributed by atoms with E-state index in [0.717, 1.165) is 0 Å². The summed E-state index contributed by atoms with van der Waals surface area (Å²) in [6.45, 7) is 8.26. The van der Waals surface area contributed by atoms with Gasteiger partial charge >= 0.3 is 0 Å². The highest BCUT2D eigenvalue weighted by Crippen LogP contribution is 2.31. The van der Waals surface area contributed by atoms with E-state index in [1.807, 2.05) is 33.8 Å². The summed E-state index contributed by atoms with van der Waals surface area (Å²) >= 11 is 0. The van der Waals surface area contributed by atoms with Crippen LogP contribution in [0.3, 0.4) is 0 Å². The molecule has 6 nitrogen and oxygen atoms in total. The Bertz CT molecular complexity index is 738. The molecule has 6 heteroatoms. The van der Waals surface area contributed by atoms with Crippen LogP contribution in [0.15, 0.2) is 36.7 Å². The Hall–Kier alpha value is -2.63. The van der Waals surface area contributed by atoms with Gasteiger partial charge in [0.25, 0.3) is 5.91 Å². The highest BCUT2D eigenvalue weighted by molar-refractivity contribution is 6.05. The van der Waals surface area contributed by atoms with Crippen molar-refractivity contribution < 1.29 is 14.3 Å². The monoisotopic (exact) mass is 327 g/mol. The second-order valence-electron chi connectivity index (χ2n) is 6.77. The van der Waals surface area contributed by atoms with Crippen LogP contribution < -0.4 is 14.4 Å². The molecule has 24 heavy (non-hydrogen) atoms. The first-order chi connectivity index (χ1) is 11.3. The number of carbonyl (C=O) groups excluding carboxylic acids is 1. The molecule has 0 aromatic carbocycles. The topological polar surface area (TPSA) is 64.6 Å². The van der Waals surface area contributed by atoms with Crippen LogP contribution in [0.2, 0.25) is 0 Å². The minimum atomic E-state index is -0.308. The van der Waals surface area contributed by atoms with Crippen molar-refractivity contribution in [1.82, 2.24) is 9.97 Å². The summed E-state index contributed by atoms with van der Waals surface area (Å²) in [5.74, 6) is 0.926. The van der Waals surface area contributed by atoms with Crippen LogP contribution in [-0.2, 0) is 0 Å². The van der Waals surface area contributed by atoms with E-state index in [0.29, 0.717) is 29.6 Å². The zero-order valence-electron chi connectivity index (χ0n) is 14.3. The van der Waals surface area contributed by atoms with Crippen LogP contribution in [0, 0.1) is 0 Å². The van der Waals surface area contributed by atoms with E-state index >= 15 is 0 Å². The summed E-state index contributed by atoms with van der Waals surface area (Å²) < 4.78 is 11.4. The molecule has 0 bridgehead atoms. The summed E-state index contributed by atoms with van der Waals surface area (Å²) in [6, 6.07) is 7.05. The van der Waals surface area contributed by atoms with Crippen LogP contribution >= 0.6 is 0 Å². The lowest BCUT2D eigenvalue weighted by atomic mass is 10.2. The normalized spacial score (nSPS) is 17.0. The molecule has 0 saturated heterocycles. The van der Waals surface area contributed by atoms with Gasteiger partial charge < -0.3 is 9.47 Å². The minimum Gasteiger partial charge on any atom is -0.487 e. The van der Waals surface area contributed by atoms with E-state index in [1.165, 1.54) is 0 Å². The average Bonchev–Trinajstić information content (AvgIpc) is 2.52. The van der Waals surface area contributed by atoms with E-state index in [-0.39, 0.29) is 17.6 Å². The Labute approximate surface area is 141 Å². The molecule has 0 saturated carbocycles. The van der Waals surface area contributed by atoms with Gasteiger partial charge in [-0.1, -0.05) is 0 Å². The highest BCUT2D eigenvalue weighted by atomic mass is 16.5. The Balaban J connectivity index is 1.84. The van der Waals surface area contributed by atoms with Gasteiger partial charge in [-0.05, 0) is 52.0 Å². The van der Waals surface area contributed by atoms with Gasteiger partial charge in [0.1, 0.15) is 28.8 Å². The average molecular weight is 327 g/mol. The van der Waals surface area contributed by atoms with Gasteiger partial charge in [-0.25, -0.2) is 9.97 Å². The van der Waals surface area contributed by atoms with Crippen LogP contribution in [0.4, 0.5) is 5.69 Å². The molecule has 1 amide bonds. The van der Waals surface area contributed by atoms with Gasteiger partial charge in [-0.2, -0.15) is 0 Å². The van der Waals surface area contributed by atoms with Crippen molar-refractivity contribution in [2.45, 2.75) is 39.4 Å². The number of amides is 1. The van der Waals surface area contributed by atoms with Crippen LogP contribution in [0.1, 0.15) is 38.2 Å². The van der Waals surface area contributed by atoms with Gasteiger partial charge in [-0.15, -0.1) is 0 Å². The van der Waals surface area contributed by atoms with Crippen LogP contribution in [-0.4, -0.2) is 34.1 Å². The van der Waals surface area contributed by atoms with Gasteiger partial charge in [-0.3, -0.25) is 9.69 Å². The van der Waals surface area contributed by atoms with E-state index in [1.54, 1.807) is 35.5 Å². The van der Waals surface area contributed by atoms with Crippen molar-refractivity contribution in [2.24, 2.45) is 0 Å². The third-order valence-electron chi connectivity index (χ3n) is 3.42. The second kappa shape index (κ2) is 6.11. The molecule has 3 rings (SSSR count). The summed E-state index contributed by atoms with van der Waals surface area (Å²) in [5, 5.41) is 0. The SMILES string of the molecule is CC1CN(C(=O)c2ccc(OC(C)(C)C)cn2)c2cccnc2O1. The van der Waals surface area contributed by atoms with Gasteiger partial charge in [0.2, 0.25) is 5.88 Å². The molecular weight excluding hydrogens is 306 g/mol. The third kappa shape index (κ3) is 3.48. The summed E-state index contributed by atoms with van der Waals surface area (Å²) in [7, 11) is 0. The second-order valence-corrected chi connectivity index (χ2v) is 6.77. The number of fused-ring (bicyclic) bond motifs is 1. The quantitative estimate of drug-likeness (QED) is 0.848. The fourth-order valence-corrected chi connectivity index (χ4v) is 2.51. The molecule has 1 atom stereocenters. The minimum absolute atomic E-state index is 0.125. The molecule has 126 valence electrons. The van der Waals surface area contributed by atoms with Crippen molar-refractivity contribution in [3.05, 3.63) is 42.4 Å². The molecule has 3 heterocycles. The van der Waals surface area contributed by atoms with Gasteiger partial charge in [0, 0.05) is 6.20 Å². The fourth-order valence-electron chi connectivity index (χ4n) is 2.51. The molecule has 2 aromatic rings. The molecule has 0 radical (unpaired) electrons. The van der Waals surface area contributed by atoms with Crippen molar-refractivity contribution in [3.8, 4) is 11.6 Å². The Morgan fingerprint density at radius 1 is 1.29 bits per heavy atom. The fraction of sp³-hybridized carbons (Fsp3) is 0.389. The lowest BCUT2D eigenvalue weighted by Gasteiger charge is -2.32. The molecule has 0 spiro atoms. The number of carbonyl (C=O) groups is 1. The van der Waals surface area contributed by atoms with Crippen LogP contribution in [0.5, 0.6) is 11.6 Å². The molecule has 0 N–H and O–H groups in total. The van der Waals surface area contributed by atoms with Crippen LogP contribution in [0.25, 0.3) is 0 Å². The number of nitrogens with zero attached hydrogens (tertiary/aromatic N) is 3. The number of anilines is 1. The first-order valence-corrected chi connectivity index (χ1v) is 7.92. The van der Waals surface area contributed by atoms with Crippen molar-refractivity contribution in [1.29, 1.82) is 0 Å². The zero-order chi connectivity index (χ0) is 17.3. The largest absolute Gasteiger partial charge is 0.487 e. The summed E-state index contributed by atoms with van der Waals surface area (Å²) in [4.78, 5) is 23.0. The zero-order valence-corrected chi connectivity index (χ0v) is 14.3. The molecule has 0 aliphatic carbocycles. The number of aromatic nitrogens is 2. The third-order valence-corrected chi connectivity index (χ3v) is 3.42. The number of hydrogen-bond acceptors (Lipinski definition) is 5. The maximum Gasteiger partial charge on any atom is 0.277 e. The molecule has 1 aliphatic rings. The van der Waals surface area contributed by atoms with Gasteiger partial charge in [0.05, 0.1) is 12.7 Å². The van der Waals surface area contributed by atoms with Gasteiger partial charge in [0.15, 0.2) is 0 Å². The first kappa shape index (κ1) is 16.2. The van der Waals surface area contributed by atoms with E-state index in [9.17, 15) is 4.79 Å². The Morgan fingerprint density at radius 2 is 2.08 bits per heavy atom. The maximum atomic E-state index is 12.8. The lowest BCUT2D eigenvalue weighted by molar-refractivity contribution is 0.0953. The summed E-state index contributed by atoms with van der Waals surface area (Å²) in [6.07, 6.45) is 3.10. The Morgan fingerprint density at radius 3 is 2.75 bits per heavy atom. The number of ether oxygens (including phenoxy) is 2. The first-order valence-electron chi connectivity index (χ1n) is 7.92. The molecule has 2 aromatic heterocycles. The van der Waals surface area contributed by atoms with E-state index < -0.39 is 0 Å². The molecular formula is C18H21N3O3. The highest BCUT2D eigenvalue weighted by Gasteiger charge is 2.29. The smallest absolute Gasteiger partial charge is 0.277 e. The van der Waals surface area contributed by atoms with Crippen molar-refractivity contribution >= 4 is 11.6 Å². The lowest BCUT2D eigenvalue weighted by Crippen LogP contribution is -2.42. The Kier molecular flexibility index (Phi) is 4.13. The molecule has 0 fully saturated rings. The van der Waals surface area contributed by atoms with Crippen molar-refractivity contribution in [3.63, 3.8) is 0 Å².